The van der Waals surface area contributed by atoms with E-state index in [1.54, 1.807) is 23.5 Å². The number of rotatable bonds is 8. The Hall–Kier alpha value is -1.78. The van der Waals surface area contributed by atoms with Gasteiger partial charge in [0.25, 0.3) is 0 Å². The Morgan fingerprint density at radius 3 is 2.70 bits per heavy atom. The van der Waals surface area contributed by atoms with E-state index in [1.807, 2.05) is 6.07 Å². The van der Waals surface area contributed by atoms with Crippen molar-refractivity contribution in [2.45, 2.75) is 37.9 Å². The monoisotopic (exact) mass is 448 g/mol. The second kappa shape index (κ2) is 9.15. The molecular formula is C21H28N4O3S2. The molecule has 0 saturated carbocycles. The zero-order valence-electron chi connectivity index (χ0n) is 17.5. The van der Waals surface area contributed by atoms with E-state index in [0.29, 0.717) is 37.7 Å². The summed E-state index contributed by atoms with van der Waals surface area (Å²) in [6, 6.07) is 7.46. The highest BCUT2D eigenvalue weighted by atomic mass is 32.2. The van der Waals surface area contributed by atoms with Gasteiger partial charge in [-0.05, 0) is 54.1 Å². The second-order valence-electron chi connectivity index (χ2n) is 7.65. The van der Waals surface area contributed by atoms with Crippen molar-refractivity contribution in [3.8, 4) is 0 Å². The Kier molecular flexibility index (Phi) is 6.54. The van der Waals surface area contributed by atoms with Crippen molar-refractivity contribution in [3.05, 3.63) is 46.4 Å². The molecule has 0 bridgehead atoms. The van der Waals surface area contributed by atoms with Crippen LogP contribution in [0.1, 0.15) is 24.7 Å². The summed E-state index contributed by atoms with van der Waals surface area (Å²) in [5.41, 5.74) is 3.01. The zero-order valence-corrected chi connectivity index (χ0v) is 19.1. The third-order valence-corrected chi connectivity index (χ3v) is 7.92. The number of ether oxygens (including phenoxy) is 1. The molecule has 0 aliphatic carbocycles. The summed E-state index contributed by atoms with van der Waals surface area (Å²) in [5, 5.41) is 4.25. The molecule has 3 heterocycles. The van der Waals surface area contributed by atoms with E-state index in [0.717, 1.165) is 36.4 Å². The first kappa shape index (κ1) is 21.5. The lowest BCUT2D eigenvalue weighted by molar-refractivity contribution is 0.0730. The first-order chi connectivity index (χ1) is 14.5. The number of imidazole rings is 1. The molecule has 4 rings (SSSR count). The normalized spacial score (nSPS) is 16.0. The third kappa shape index (κ3) is 4.45. The SMILES string of the molecule is CCCn1c(CN(C)Cc2ccsc2)nc2cc(S(=O)(=O)N3CCOCC3)ccc21. The zero-order chi connectivity index (χ0) is 21.1. The van der Waals surface area contributed by atoms with Gasteiger partial charge in [0.15, 0.2) is 0 Å². The lowest BCUT2D eigenvalue weighted by Gasteiger charge is -2.26. The van der Waals surface area contributed by atoms with Crippen LogP contribution >= 0.6 is 11.3 Å². The van der Waals surface area contributed by atoms with Crippen molar-refractivity contribution in [3.63, 3.8) is 0 Å². The summed E-state index contributed by atoms with van der Waals surface area (Å²) in [5.74, 6) is 0.963. The molecule has 1 aliphatic rings. The Labute approximate surface area is 181 Å². The second-order valence-corrected chi connectivity index (χ2v) is 10.4. The molecule has 0 spiro atoms. The quantitative estimate of drug-likeness (QED) is 0.530. The molecule has 1 aliphatic heterocycles. The van der Waals surface area contributed by atoms with Crippen LogP contribution in [0.25, 0.3) is 11.0 Å². The number of nitrogens with zero attached hydrogens (tertiary/aromatic N) is 4. The number of aromatic nitrogens is 2. The highest BCUT2D eigenvalue weighted by Crippen LogP contribution is 2.24. The lowest BCUT2D eigenvalue weighted by Crippen LogP contribution is -2.40. The van der Waals surface area contributed by atoms with E-state index in [4.69, 9.17) is 9.72 Å². The molecule has 0 unspecified atom stereocenters. The van der Waals surface area contributed by atoms with Gasteiger partial charge in [-0.2, -0.15) is 15.6 Å². The molecule has 30 heavy (non-hydrogen) atoms. The average molecular weight is 449 g/mol. The van der Waals surface area contributed by atoms with E-state index < -0.39 is 10.0 Å². The molecule has 1 aromatic carbocycles. The molecule has 7 nitrogen and oxygen atoms in total. The fourth-order valence-electron chi connectivity index (χ4n) is 3.84. The Morgan fingerprint density at radius 1 is 1.20 bits per heavy atom. The first-order valence-electron chi connectivity index (χ1n) is 10.3. The van der Waals surface area contributed by atoms with Crippen LogP contribution in [0, 0.1) is 0 Å². The van der Waals surface area contributed by atoms with Crippen LogP contribution in [0.15, 0.2) is 39.9 Å². The molecule has 2 aromatic heterocycles. The smallest absolute Gasteiger partial charge is 0.243 e. The maximum absolute atomic E-state index is 13.0. The van der Waals surface area contributed by atoms with Crippen LogP contribution in [-0.2, 0) is 34.4 Å². The molecule has 1 saturated heterocycles. The minimum absolute atomic E-state index is 0.302. The minimum Gasteiger partial charge on any atom is -0.379 e. The molecule has 3 aromatic rings. The van der Waals surface area contributed by atoms with Crippen molar-refractivity contribution >= 4 is 32.4 Å². The molecule has 0 radical (unpaired) electrons. The van der Waals surface area contributed by atoms with Gasteiger partial charge in [-0.3, -0.25) is 4.90 Å². The van der Waals surface area contributed by atoms with Crippen molar-refractivity contribution in [2.24, 2.45) is 0 Å². The van der Waals surface area contributed by atoms with Crippen molar-refractivity contribution in [2.75, 3.05) is 33.4 Å². The van der Waals surface area contributed by atoms with Crippen LogP contribution in [0.3, 0.4) is 0 Å². The van der Waals surface area contributed by atoms with Gasteiger partial charge in [-0.15, -0.1) is 0 Å². The van der Waals surface area contributed by atoms with E-state index >= 15 is 0 Å². The van der Waals surface area contributed by atoms with Crippen molar-refractivity contribution in [1.29, 1.82) is 0 Å². The van der Waals surface area contributed by atoms with Crippen LogP contribution in [0.2, 0.25) is 0 Å². The van der Waals surface area contributed by atoms with Crippen molar-refractivity contribution < 1.29 is 13.2 Å². The standard InChI is InChI=1S/C21H28N4O3S2/c1-3-7-25-20-5-4-18(30(26,27)24-8-10-28-11-9-24)13-19(20)22-21(25)15-23(2)14-17-6-12-29-16-17/h4-6,12-13,16H,3,7-11,14-15H2,1-2H3. The fraction of sp³-hybridized carbons (Fsp3) is 0.476. The topological polar surface area (TPSA) is 67.7 Å². The van der Waals surface area contributed by atoms with Crippen LogP contribution < -0.4 is 0 Å². The summed E-state index contributed by atoms with van der Waals surface area (Å²) < 4.78 is 35.1. The van der Waals surface area contributed by atoms with Crippen molar-refractivity contribution in [1.82, 2.24) is 18.8 Å². The van der Waals surface area contributed by atoms with E-state index in [2.05, 4.69) is 40.3 Å². The number of thiophene rings is 1. The number of hydrogen-bond acceptors (Lipinski definition) is 6. The fourth-order valence-corrected chi connectivity index (χ4v) is 5.93. The average Bonchev–Trinajstić information content (AvgIpc) is 3.36. The Morgan fingerprint density at radius 2 is 2.00 bits per heavy atom. The van der Waals surface area contributed by atoms with Gasteiger partial charge in [0.1, 0.15) is 5.82 Å². The summed E-state index contributed by atoms with van der Waals surface area (Å²) in [7, 11) is -1.45. The number of aryl methyl sites for hydroxylation is 1. The van der Waals surface area contributed by atoms with E-state index in [-0.39, 0.29) is 0 Å². The molecule has 162 valence electrons. The number of benzene rings is 1. The van der Waals surface area contributed by atoms with Crippen LogP contribution in [0.4, 0.5) is 0 Å². The lowest BCUT2D eigenvalue weighted by atomic mass is 10.3. The van der Waals surface area contributed by atoms with Gasteiger partial charge in [0, 0.05) is 26.2 Å². The molecule has 9 heteroatoms. The molecular weight excluding hydrogens is 420 g/mol. The maximum Gasteiger partial charge on any atom is 0.243 e. The predicted octanol–water partition coefficient (Wildman–Crippen LogP) is 3.16. The van der Waals surface area contributed by atoms with E-state index in [1.165, 1.54) is 9.87 Å². The summed E-state index contributed by atoms with van der Waals surface area (Å²) >= 11 is 1.70. The highest BCUT2D eigenvalue weighted by molar-refractivity contribution is 7.89. The number of sulfonamides is 1. The van der Waals surface area contributed by atoms with Gasteiger partial charge >= 0.3 is 0 Å². The molecule has 0 amide bonds. The largest absolute Gasteiger partial charge is 0.379 e. The van der Waals surface area contributed by atoms with Crippen LogP contribution in [0.5, 0.6) is 0 Å². The molecule has 1 fully saturated rings. The summed E-state index contributed by atoms with van der Waals surface area (Å²) in [4.78, 5) is 7.38. The predicted molar refractivity (Wildman–Crippen MR) is 119 cm³/mol. The third-order valence-electron chi connectivity index (χ3n) is 5.30. The van der Waals surface area contributed by atoms with Gasteiger partial charge < -0.3 is 9.30 Å². The molecule has 0 N–H and O–H groups in total. The van der Waals surface area contributed by atoms with Gasteiger partial charge in [-0.25, -0.2) is 13.4 Å². The van der Waals surface area contributed by atoms with E-state index in [9.17, 15) is 8.42 Å². The summed E-state index contributed by atoms with van der Waals surface area (Å²) in [6.45, 7) is 6.22. The number of fused-ring (bicyclic) bond motifs is 1. The maximum atomic E-state index is 13.0. The van der Waals surface area contributed by atoms with Gasteiger partial charge in [0.05, 0.1) is 35.7 Å². The molecule has 0 atom stereocenters. The van der Waals surface area contributed by atoms with Gasteiger partial charge in [-0.1, -0.05) is 6.92 Å². The Bertz CT molecular complexity index is 1090. The summed E-state index contributed by atoms with van der Waals surface area (Å²) in [6.07, 6.45) is 0.987. The number of morpholine rings is 1. The Balaban J connectivity index is 1.63. The van der Waals surface area contributed by atoms with Crippen LogP contribution in [-0.4, -0.2) is 60.5 Å². The first-order valence-corrected chi connectivity index (χ1v) is 12.6. The van der Waals surface area contributed by atoms with Gasteiger partial charge in [0.2, 0.25) is 10.0 Å². The number of hydrogen-bond donors (Lipinski definition) is 0. The minimum atomic E-state index is -3.53. The highest BCUT2D eigenvalue weighted by Gasteiger charge is 2.27.